The molecule has 14 rings (SSSR count). The number of benzene rings is 9. The fraction of sp³-hybridized carbons (Fsp3) is 0.0345. The first kappa shape index (κ1) is 32.3. The minimum atomic E-state index is -0.444. The predicted molar refractivity (Wildman–Crippen MR) is 243 cm³/mol. The van der Waals surface area contributed by atoms with Crippen molar-refractivity contribution in [2.45, 2.75) is 10.8 Å². The van der Waals surface area contributed by atoms with Crippen LogP contribution in [0.15, 0.2) is 206 Å². The molecule has 4 aliphatic rings. The molecule has 0 saturated carbocycles. The predicted octanol–water partition coefficient (Wildman–Crippen LogP) is 13.7. The largest absolute Gasteiger partial charge is 0.228 e. The number of nitrogens with zero attached hydrogens (tertiary/aromatic N) is 2. The molecule has 60 heavy (non-hydrogen) atoms. The van der Waals surface area contributed by atoms with Crippen molar-refractivity contribution in [1.29, 1.82) is 0 Å². The quantitative estimate of drug-likeness (QED) is 0.175. The van der Waals surface area contributed by atoms with Gasteiger partial charge in [-0.3, -0.25) is 0 Å². The fourth-order valence-electron chi connectivity index (χ4n) is 12.1. The van der Waals surface area contributed by atoms with Crippen LogP contribution in [0.25, 0.3) is 78.1 Å². The number of hydrogen-bond donors (Lipinski definition) is 0. The Kier molecular flexibility index (Phi) is 6.19. The Morgan fingerprint density at radius 3 is 1.07 bits per heavy atom. The van der Waals surface area contributed by atoms with Crippen molar-refractivity contribution < 1.29 is 0 Å². The third-order valence-corrected chi connectivity index (χ3v) is 14.1. The minimum absolute atomic E-state index is 0.438. The van der Waals surface area contributed by atoms with Crippen LogP contribution in [0, 0.1) is 0 Å². The lowest BCUT2D eigenvalue weighted by atomic mass is 9.70. The van der Waals surface area contributed by atoms with Crippen LogP contribution in [0.1, 0.15) is 44.5 Å². The van der Waals surface area contributed by atoms with E-state index >= 15 is 0 Å². The van der Waals surface area contributed by atoms with Crippen LogP contribution in [0.3, 0.4) is 0 Å². The maximum atomic E-state index is 5.74. The summed E-state index contributed by atoms with van der Waals surface area (Å²) < 4.78 is 0. The first-order chi connectivity index (χ1) is 29.8. The molecule has 10 aromatic rings. The molecule has 1 aromatic heterocycles. The van der Waals surface area contributed by atoms with Gasteiger partial charge in [0.05, 0.1) is 22.0 Å². The molecular weight excluding hydrogens is 725 g/mol. The third kappa shape index (κ3) is 3.72. The number of rotatable bonds is 2. The molecule has 2 heteroatoms. The van der Waals surface area contributed by atoms with Gasteiger partial charge in [-0.1, -0.05) is 200 Å². The number of aromatic nitrogens is 2. The zero-order valence-electron chi connectivity index (χ0n) is 32.5. The molecule has 0 N–H and O–H groups in total. The summed E-state index contributed by atoms with van der Waals surface area (Å²) in [7, 11) is 0. The van der Waals surface area contributed by atoms with Gasteiger partial charge in [0.25, 0.3) is 0 Å². The fourth-order valence-corrected chi connectivity index (χ4v) is 12.1. The van der Waals surface area contributed by atoms with Crippen LogP contribution in [-0.2, 0) is 10.8 Å². The highest BCUT2D eigenvalue weighted by Crippen LogP contribution is 2.66. The van der Waals surface area contributed by atoms with Crippen LogP contribution in [0.4, 0.5) is 0 Å². The Labute approximate surface area is 348 Å². The van der Waals surface area contributed by atoms with E-state index < -0.39 is 10.8 Å². The minimum Gasteiger partial charge on any atom is -0.228 e. The van der Waals surface area contributed by atoms with Crippen LogP contribution < -0.4 is 0 Å². The SMILES string of the molecule is c1ccc2c(c1)-c1ccccc1C21c2ccccc2-c2c(-c3nc(-c4cccc5c4-c4ccccc4C54c5ccccc5-c5ccccc54)c4ccccc4n3)cccc21. The molecule has 0 atom stereocenters. The Hall–Kier alpha value is -7.68. The highest BCUT2D eigenvalue weighted by molar-refractivity contribution is 6.05. The van der Waals surface area contributed by atoms with Crippen LogP contribution in [0.5, 0.6) is 0 Å². The number of para-hydroxylation sites is 1. The molecule has 2 spiro atoms. The summed E-state index contributed by atoms with van der Waals surface area (Å²) >= 11 is 0. The smallest absolute Gasteiger partial charge is 0.161 e. The second kappa shape index (κ2) is 11.5. The van der Waals surface area contributed by atoms with Crippen molar-refractivity contribution in [3.8, 4) is 67.2 Å². The molecule has 4 aliphatic carbocycles. The van der Waals surface area contributed by atoms with E-state index in [0.29, 0.717) is 0 Å². The van der Waals surface area contributed by atoms with Gasteiger partial charge in [0, 0.05) is 16.5 Å². The van der Waals surface area contributed by atoms with E-state index in [1.54, 1.807) is 0 Å². The Morgan fingerprint density at radius 1 is 0.250 bits per heavy atom. The summed E-state index contributed by atoms with van der Waals surface area (Å²) in [4.78, 5) is 11.2. The van der Waals surface area contributed by atoms with Crippen molar-refractivity contribution in [2.75, 3.05) is 0 Å². The van der Waals surface area contributed by atoms with Gasteiger partial charge in [0.2, 0.25) is 0 Å². The molecule has 2 nitrogen and oxygen atoms in total. The average molecular weight is 759 g/mol. The van der Waals surface area contributed by atoms with E-state index in [1.807, 2.05) is 0 Å². The lowest BCUT2D eigenvalue weighted by molar-refractivity contribution is 0.794. The summed E-state index contributed by atoms with van der Waals surface area (Å²) in [6.45, 7) is 0. The molecule has 0 amide bonds. The number of fused-ring (bicyclic) bond motifs is 21. The van der Waals surface area contributed by atoms with E-state index in [-0.39, 0.29) is 0 Å². The standard InChI is InChI=1S/C58H34N2/c1-8-26-44-35(17-1)36-18-2-9-27-45(36)57(44)48-30-12-5-21-39(48)53-42(24-15-32-50(53)57)55-41-23-7-14-34-52(41)59-56(60-55)43-25-16-33-51-54(43)40-22-6-13-31-49(40)58(51)46-28-10-3-19-37(46)38-20-4-11-29-47(38)58/h1-34H. The third-order valence-electron chi connectivity index (χ3n) is 14.1. The zero-order valence-corrected chi connectivity index (χ0v) is 32.5. The van der Waals surface area contributed by atoms with Crippen molar-refractivity contribution in [1.82, 2.24) is 9.97 Å². The van der Waals surface area contributed by atoms with Gasteiger partial charge in [0.15, 0.2) is 5.82 Å². The van der Waals surface area contributed by atoms with Gasteiger partial charge in [-0.05, 0) is 95.1 Å². The monoisotopic (exact) mass is 758 g/mol. The van der Waals surface area contributed by atoms with Gasteiger partial charge in [-0.15, -0.1) is 0 Å². The summed E-state index contributed by atoms with van der Waals surface area (Å²) in [6, 6.07) is 76.3. The maximum absolute atomic E-state index is 5.74. The number of hydrogen-bond acceptors (Lipinski definition) is 2. The normalized spacial score (nSPS) is 14.6. The molecule has 0 radical (unpaired) electrons. The van der Waals surface area contributed by atoms with Gasteiger partial charge in [-0.2, -0.15) is 0 Å². The summed E-state index contributed by atoms with van der Waals surface area (Å²) in [5, 5.41) is 1.04. The molecule has 0 aliphatic heterocycles. The second-order valence-corrected chi connectivity index (χ2v) is 16.6. The molecule has 0 bridgehead atoms. The van der Waals surface area contributed by atoms with Gasteiger partial charge < -0.3 is 0 Å². The molecule has 0 unspecified atom stereocenters. The van der Waals surface area contributed by atoms with Crippen molar-refractivity contribution in [3.05, 3.63) is 251 Å². The molecule has 276 valence electrons. The summed E-state index contributed by atoms with van der Waals surface area (Å²) in [6.07, 6.45) is 0. The Balaban J connectivity index is 1.06. The molecule has 0 fully saturated rings. The van der Waals surface area contributed by atoms with Crippen molar-refractivity contribution in [2.24, 2.45) is 0 Å². The van der Waals surface area contributed by atoms with E-state index in [4.69, 9.17) is 9.97 Å². The van der Waals surface area contributed by atoms with E-state index in [1.165, 1.54) is 89.0 Å². The van der Waals surface area contributed by atoms with Crippen LogP contribution in [0.2, 0.25) is 0 Å². The van der Waals surface area contributed by atoms with E-state index in [0.717, 1.165) is 33.5 Å². The highest BCUT2D eigenvalue weighted by Gasteiger charge is 2.53. The van der Waals surface area contributed by atoms with Gasteiger partial charge in [-0.25, -0.2) is 9.97 Å². The molecular formula is C58H34N2. The van der Waals surface area contributed by atoms with E-state index in [9.17, 15) is 0 Å². The average Bonchev–Trinajstić information content (AvgIpc) is 4.00. The van der Waals surface area contributed by atoms with Crippen molar-refractivity contribution >= 4 is 10.9 Å². The summed E-state index contributed by atoms with van der Waals surface area (Å²) in [5.74, 6) is 0.738. The lowest BCUT2D eigenvalue weighted by Gasteiger charge is -2.30. The summed E-state index contributed by atoms with van der Waals surface area (Å²) in [5.41, 5.74) is 23.9. The molecule has 1 heterocycles. The molecule has 0 saturated heterocycles. The Bertz CT molecular complexity index is 3430. The Morgan fingerprint density at radius 2 is 0.583 bits per heavy atom. The van der Waals surface area contributed by atoms with E-state index in [2.05, 4.69) is 206 Å². The second-order valence-electron chi connectivity index (χ2n) is 16.6. The van der Waals surface area contributed by atoms with Crippen LogP contribution >= 0.6 is 0 Å². The van der Waals surface area contributed by atoms with Gasteiger partial charge in [0.1, 0.15) is 0 Å². The topological polar surface area (TPSA) is 25.8 Å². The lowest BCUT2D eigenvalue weighted by Crippen LogP contribution is -2.25. The highest BCUT2D eigenvalue weighted by atomic mass is 14.9. The zero-order chi connectivity index (χ0) is 39.2. The van der Waals surface area contributed by atoms with Crippen molar-refractivity contribution in [3.63, 3.8) is 0 Å². The van der Waals surface area contributed by atoms with Gasteiger partial charge >= 0.3 is 0 Å². The van der Waals surface area contributed by atoms with Crippen LogP contribution in [-0.4, -0.2) is 9.97 Å². The molecule has 9 aromatic carbocycles. The first-order valence-corrected chi connectivity index (χ1v) is 20.9. The first-order valence-electron chi connectivity index (χ1n) is 20.9. The maximum Gasteiger partial charge on any atom is 0.161 e.